The first kappa shape index (κ1) is 8.02. The molecule has 60 valence electrons. The van der Waals surface area contributed by atoms with Gasteiger partial charge in [-0.3, -0.25) is 0 Å². The highest BCUT2D eigenvalue weighted by Crippen LogP contribution is 2.38. The smallest absolute Gasteiger partial charge is 0.115 e. The Labute approximate surface area is 62.2 Å². The highest BCUT2D eigenvalue weighted by Gasteiger charge is 2.50. The van der Waals surface area contributed by atoms with E-state index in [4.69, 9.17) is 9.84 Å². The average molecular weight is 144 g/mol. The van der Waals surface area contributed by atoms with Crippen molar-refractivity contribution in [2.45, 2.75) is 44.8 Å². The molecule has 2 unspecified atom stereocenters. The van der Waals surface area contributed by atoms with Crippen LogP contribution in [0, 0.1) is 0 Å². The Morgan fingerprint density at radius 2 is 2.30 bits per heavy atom. The largest absolute Gasteiger partial charge is 0.393 e. The first-order valence-corrected chi connectivity index (χ1v) is 4.01. The SMILES string of the molecule is CCCCC1OC1(C)CO. The van der Waals surface area contributed by atoms with Crippen molar-refractivity contribution in [2.75, 3.05) is 6.61 Å². The molecular formula is C8H16O2. The fourth-order valence-corrected chi connectivity index (χ4v) is 1.18. The van der Waals surface area contributed by atoms with Crippen LogP contribution in [-0.4, -0.2) is 23.4 Å². The van der Waals surface area contributed by atoms with Crippen molar-refractivity contribution < 1.29 is 9.84 Å². The normalized spacial score (nSPS) is 38.1. The van der Waals surface area contributed by atoms with E-state index in [2.05, 4.69) is 6.92 Å². The maximum absolute atomic E-state index is 8.81. The molecule has 0 aromatic rings. The summed E-state index contributed by atoms with van der Waals surface area (Å²) in [6.07, 6.45) is 3.85. The van der Waals surface area contributed by atoms with Gasteiger partial charge in [0.25, 0.3) is 0 Å². The second-order valence-electron chi connectivity index (χ2n) is 3.22. The van der Waals surface area contributed by atoms with E-state index < -0.39 is 0 Å². The van der Waals surface area contributed by atoms with Crippen LogP contribution in [0.15, 0.2) is 0 Å². The lowest BCUT2D eigenvalue weighted by molar-refractivity contribution is 0.184. The summed E-state index contributed by atoms with van der Waals surface area (Å²) in [7, 11) is 0. The zero-order valence-electron chi connectivity index (χ0n) is 6.76. The lowest BCUT2D eigenvalue weighted by atomic mass is 10.0. The van der Waals surface area contributed by atoms with Crippen LogP contribution in [0.2, 0.25) is 0 Å². The predicted octanol–water partition coefficient (Wildman–Crippen LogP) is 1.33. The highest BCUT2D eigenvalue weighted by atomic mass is 16.6. The van der Waals surface area contributed by atoms with Gasteiger partial charge in [0.1, 0.15) is 5.60 Å². The Hall–Kier alpha value is -0.0800. The predicted molar refractivity (Wildman–Crippen MR) is 39.9 cm³/mol. The average Bonchev–Trinajstić information content (AvgIpc) is 2.59. The lowest BCUT2D eigenvalue weighted by Gasteiger charge is -1.98. The molecule has 0 bridgehead atoms. The molecule has 1 N–H and O–H groups in total. The van der Waals surface area contributed by atoms with Crippen molar-refractivity contribution in [2.24, 2.45) is 0 Å². The molecule has 10 heavy (non-hydrogen) atoms. The zero-order valence-corrected chi connectivity index (χ0v) is 6.76. The summed E-state index contributed by atoms with van der Waals surface area (Å²) < 4.78 is 5.31. The monoisotopic (exact) mass is 144 g/mol. The molecule has 0 amide bonds. The van der Waals surface area contributed by atoms with Gasteiger partial charge in [-0.25, -0.2) is 0 Å². The molecule has 1 aliphatic rings. The number of unbranched alkanes of at least 4 members (excludes halogenated alkanes) is 1. The van der Waals surface area contributed by atoms with Gasteiger partial charge in [-0.1, -0.05) is 19.8 Å². The van der Waals surface area contributed by atoms with Crippen LogP contribution < -0.4 is 0 Å². The van der Waals surface area contributed by atoms with Gasteiger partial charge in [0.05, 0.1) is 12.7 Å². The molecule has 2 nitrogen and oxygen atoms in total. The molecule has 0 aliphatic carbocycles. The minimum Gasteiger partial charge on any atom is -0.393 e. The van der Waals surface area contributed by atoms with Gasteiger partial charge >= 0.3 is 0 Å². The van der Waals surface area contributed by atoms with Crippen molar-refractivity contribution in [3.63, 3.8) is 0 Å². The Morgan fingerprint density at radius 1 is 1.60 bits per heavy atom. The van der Waals surface area contributed by atoms with Gasteiger partial charge in [-0.2, -0.15) is 0 Å². The Balaban J connectivity index is 2.12. The highest BCUT2D eigenvalue weighted by molar-refractivity contribution is 4.97. The van der Waals surface area contributed by atoms with E-state index in [-0.39, 0.29) is 12.2 Å². The van der Waals surface area contributed by atoms with Crippen molar-refractivity contribution in [3.05, 3.63) is 0 Å². The lowest BCUT2D eigenvalue weighted by Crippen LogP contribution is -2.14. The van der Waals surface area contributed by atoms with Crippen LogP contribution >= 0.6 is 0 Å². The summed E-state index contributed by atoms with van der Waals surface area (Å²) in [5, 5.41) is 8.81. The topological polar surface area (TPSA) is 32.8 Å². The molecule has 0 aromatic carbocycles. The van der Waals surface area contributed by atoms with E-state index in [0.29, 0.717) is 6.10 Å². The Morgan fingerprint density at radius 3 is 2.70 bits per heavy atom. The maximum atomic E-state index is 8.81. The standard InChI is InChI=1S/C8H16O2/c1-3-4-5-7-8(2,6-9)10-7/h7,9H,3-6H2,1-2H3. The molecule has 0 saturated carbocycles. The van der Waals surface area contributed by atoms with E-state index in [1.165, 1.54) is 12.8 Å². The molecule has 0 radical (unpaired) electrons. The number of rotatable bonds is 4. The van der Waals surface area contributed by atoms with Crippen molar-refractivity contribution >= 4 is 0 Å². The second kappa shape index (κ2) is 2.89. The number of hydrogen-bond donors (Lipinski definition) is 1. The van der Waals surface area contributed by atoms with Crippen LogP contribution in [0.3, 0.4) is 0 Å². The molecule has 0 aromatic heterocycles. The molecular weight excluding hydrogens is 128 g/mol. The van der Waals surface area contributed by atoms with E-state index in [9.17, 15) is 0 Å². The quantitative estimate of drug-likeness (QED) is 0.604. The summed E-state index contributed by atoms with van der Waals surface area (Å²) in [5.41, 5.74) is -0.185. The van der Waals surface area contributed by atoms with E-state index in [1.54, 1.807) is 0 Å². The van der Waals surface area contributed by atoms with E-state index in [0.717, 1.165) is 6.42 Å². The summed E-state index contributed by atoms with van der Waals surface area (Å²) in [5.74, 6) is 0. The molecule has 1 aliphatic heterocycles. The third-order valence-electron chi connectivity index (χ3n) is 2.17. The van der Waals surface area contributed by atoms with E-state index >= 15 is 0 Å². The molecule has 2 atom stereocenters. The van der Waals surface area contributed by atoms with Gasteiger partial charge in [0, 0.05) is 0 Å². The van der Waals surface area contributed by atoms with Crippen molar-refractivity contribution in [1.82, 2.24) is 0 Å². The molecule has 1 saturated heterocycles. The van der Waals surface area contributed by atoms with Crippen LogP contribution in [0.5, 0.6) is 0 Å². The van der Waals surface area contributed by atoms with Crippen molar-refractivity contribution in [1.29, 1.82) is 0 Å². The van der Waals surface area contributed by atoms with Gasteiger partial charge < -0.3 is 9.84 Å². The van der Waals surface area contributed by atoms with Gasteiger partial charge in [-0.05, 0) is 13.3 Å². The first-order chi connectivity index (χ1) is 4.73. The number of epoxide rings is 1. The molecule has 1 heterocycles. The van der Waals surface area contributed by atoms with Crippen molar-refractivity contribution in [3.8, 4) is 0 Å². The third kappa shape index (κ3) is 1.50. The number of hydrogen-bond acceptors (Lipinski definition) is 2. The minimum atomic E-state index is -0.185. The number of aliphatic hydroxyl groups is 1. The summed E-state index contributed by atoms with van der Waals surface area (Å²) in [4.78, 5) is 0. The second-order valence-corrected chi connectivity index (χ2v) is 3.22. The molecule has 2 heteroatoms. The summed E-state index contributed by atoms with van der Waals surface area (Å²) >= 11 is 0. The number of ether oxygens (including phenoxy) is 1. The Bertz CT molecular complexity index is 114. The zero-order chi connectivity index (χ0) is 7.61. The van der Waals surface area contributed by atoms with Gasteiger partial charge in [0.2, 0.25) is 0 Å². The van der Waals surface area contributed by atoms with Crippen LogP contribution in [0.1, 0.15) is 33.1 Å². The molecule has 0 spiro atoms. The summed E-state index contributed by atoms with van der Waals surface area (Å²) in [6.45, 7) is 4.30. The maximum Gasteiger partial charge on any atom is 0.115 e. The van der Waals surface area contributed by atoms with E-state index in [1.807, 2.05) is 6.92 Å². The van der Waals surface area contributed by atoms with Gasteiger partial charge in [0.15, 0.2) is 0 Å². The summed E-state index contributed by atoms with van der Waals surface area (Å²) in [6, 6.07) is 0. The fourth-order valence-electron chi connectivity index (χ4n) is 1.18. The number of aliphatic hydroxyl groups excluding tert-OH is 1. The van der Waals surface area contributed by atoms with Gasteiger partial charge in [-0.15, -0.1) is 0 Å². The Kier molecular flexibility index (Phi) is 2.32. The third-order valence-corrected chi connectivity index (χ3v) is 2.17. The first-order valence-electron chi connectivity index (χ1n) is 4.01. The fraction of sp³-hybridized carbons (Fsp3) is 1.00. The minimum absolute atomic E-state index is 0.168. The molecule has 1 rings (SSSR count). The van der Waals surface area contributed by atoms with Crippen LogP contribution in [0.4, 0.5) is 0 Å². The van der Waals surface area contributed by atoms with Crippen LogP contribution in [-0.2, 0) is 4.74 Å². The molecule has 1 fully saturated rings. The van der Waals surface area contributed by atoms with Crippen LogP contribution in [0.25, 0.3) is 0 Å².